The van der Waals surface area contributed by atoms with E-state index in [0.29, 0.717) is 16.6 Å². The summed E-state index contributed by atoms with van der Waals surface area (Å²) in [5.74, 6) is 6.27. The van der Waals surface area contributed by atoms with Crippen molar-refractivity contribution in [2.24, 2.45) is 0 Å². The number of hydrogen-bond acceptors (Lipinski definition) is 2. The quantitative estimate of drug-likeness (QED) is 0.275. The van der Waals surface area contributed by atoms with Crippen LogP contribution in [0.2, 0.25) is 5.02 Å². The van der Waals surface area contributed by atoms with Gasteiger partial charge in [0.25, 0.3) is 6.01 Å². The zero-order valence-corrected chi connectivity index (χ0v) is 19.4. The molecule has 5 rings (SSSR count). The number of nitrogens with one attached hydrogen (secondary N) is 1. The van der Waals surface area contributed by atoms with Crippen molar-refractivity contribution in [3.63, 3.8) is 0 Å². The second-order valence-corrected chi connectivity index (χ2v) is 8.45. The lowest BCUT2D eigenvalue weighted by molar-refractivity contribution is 0.449. The number of fused-ring (bicyclic) bond motifs is 1. The highest BCUT2D eigenvalue weighted by Gasteiger charge is 2.11. The van der Waals surface area contributed by atoms with Crippen LogP contribution in [0, 0.1) is 31.5 Å². The summed E-state index contributed by atoms with van der Waals surface area (Å²) in [5, 5.41) is 0.596. The molecule has 0 atom stereocenters. The Kier molecular flexibility index (Phi) is 5.79. The lowest BCUT2D eigenvalue weighted by Crippen LogP contribution is -1.88. The molecule has 0 bridgehead atoms. The molecule has 0 radical (unpaired) electrons. The highest BCUT2D eigenvalue weighted by molar-refractivity contribution is 6.34. The van der Waals surface area contributed by atoms with E-state index in [-0.39, 0.29) is 5.82 Å². The minimum absolute atomic E-state index is 0.327. The van der Waals surface area contributed by atoms with Gasteiger partial charge in [-0.3, -0.25) is 0 Å². The minimum Gasteiger partial charge on any atom is -0.426 e. The summed E-state index contributed by atoms with van der Waals surface area (Å²) in [7, 11) is 0. The van der Waals surface area contributed by atoms with Crippen molar-refractivity contribution in [2.45, 2.75) is 13.8 Å². The van der Waals surface area contributed by atoms with Crippen molar-refractivity contribution in [1.82, 2.24) is 9.97 Å². The third kappa shape index (κ3) is 4.52. The van der Waals surface area contributed by atoms with Gasteiger partial charge in [-0.2, -0.15) is 4.98 Å². The van der Waals surface area contributed by atoms with Gasteiger partial charge in [-0.1, -0.05) is 53.8 Å². The van der Waals surface area contributed by atoms with E-state index in [2.05, 4.69) is 28.7 Å². The normalized spacial score (nSPS) is 10.7. The molecule has 0 saturated carbocycles. The molecule has 0 amide bonds. The Balaban J connectivity index is 1.41. The smallest absolute Gasteiger partial charge is 0.300 e. The molecule has 34 heavy (non-hydrogen) atoms. The van der Waals surface area contributed by atoms with Crippen LogP contribution in [0.5, 0.6) is 11.8 Å². The summed E-state index contributed by atoms with van der Waals surface area (Å²) in [5.41, 5.74) is 6.85. The van der Waals surface area contributed by atoms with Crippen LogP contribution in [0.25, 0.3) is 22.2 Å². The molecule has 0 aliphatic heterocycles. The molecule has 0 spiro atoms. The summed E-state index contributed by atoms with van der Waals surface area (Å²) in [6.07, 6.45) is 0. The van der Waals surface area contributed by atoms with Gasteiger partial charge in [0.15, 0.2) is 0 Å². The van der Waals surface area contributed by atoms with Crippen molar-refractivity contribution in [1.29, 1.82) is 0 Å². The second kappa shape index (κ2) is 9.05. The maximum Gasteiger partial charge on any atom is 0.300 e. The van der Waals surface area contributed by atoms with Crippen LogP contribution in [0.15, 0.2) is 78.9 Å². The van der Waals surface area contributed by atoms with E-state index in [4.69, 9.17) is 16.3 Å². The molecule has 1 N–H and O–H groups in total. The first-order valence-electron chi connectivity index (χ1n) is 10.8. The number of halogens is 2. The molecular weight excluding hydrogens is 447 g/mol. The van der Waals surface area contributed by atoms with Crippen LogP contribution < -0.4 is 4.74 Å². The van der Waals surface area contributed by atoms with Gasteiger partial charge in [0, 0.05) is 11.1 Å². The maximum absolute atomic E-state index is 13.8. The van der Waals surface area contributed by atoms with Crippen LogP contribution in [0.4, 0.5) is 4.39 Å². The molecule has 0 aliphatic rings. The molecule has 0 fully saturated rings. The summed E-state index contributed by atoms with van der Waals surface area (Å²) < 4.78 is 19.7. The van der Waals surface area contributed by atoms with Gasteiger partial charge in [-0.15, -0.1) is 0 Å². The maximum atomic E-state index is 13.8. The van der Waals surface area contributed by atoms with Crippen LogP contribution in [-0.4, -0.2) is 9.97 Å². The Labute approximate surface area is 202 Å². The first-order chi connectivity index (χ1) is 16.5. The molecular formula is C29H20ClFN2O. The SMILES string of the molecule is Cc1ccc(Oc2nc3cc(-c4ccc(C#Cc5ccccc5F)cc4)c(Cl)cc3[nH]2)cc1C. The van der Waals surface area contributed by atoms with E-state index in [1.54, 1.807) is 18.2 Å². The van der Waals surface area contributed by atoms with E-state index in [0.717, 1.165) is 39.0 Å². The number of imidazole rings is 1. The van der Waals surface area contributed by atoms with E-state index >= 15 is 0 Å². The number of nitrogens with zero attached hydrogens (tertiary/aromatic N) is 1. The van der Waals surface area contributed by atoms with Gasteiger partial charge >= 0.3 is 0 Å². The molecule has 166 valence electrons. The van der Waals surface area contributed by atoms with E-state index in [1.807, 2.05) is 61.5 Å². The summed E-state index contributed by atoms with van der Waals surface area (Å²) >= 11 is 6.59. The monoisotopic (exact) mass is 466 g/mol. The predicted octanol–water partition coefficient (Wildman–Crippen LogP) is 7.83. The Bertz CT molecular complexity index is 1580. The van der Waals surface area contributed by atoms with E-state index in [1.165, 1.54) is 11.6 Å². The number of aromatic nitrogens is 2. The number of hydrogen-bond donors (Lipinski definition) is 1. The number of ether oxygens (including phenoxy) is 1. The van der Waals surface area contributed by atoms with Gasteiger partial charge in [0.2, 0.25) is 0 Å². The molecule has 0 saturated heterocycles. The number of rotatable bonds is 3. The molecule has 1 heterocycles. The summed E-state index contributed by atoms with van der Waals surface area (Å²) in [4.78, 5) is 7.76. The third-order valence-corrected chi connectivity index (χ3v) is 5.97. The Morgan fingerprint density at radius 3 is 2.44 bits per heavy atom. The molecule has 4 aromatic carbocycles. The number of benzene rings is 4. The Morgan fingerprint density at radius 1 is 0.882 bits per heavy atom. The van der Waals surface area contributed by atoms with Crippen LogP contribution in [0.3, 0.4) is 0 Å². The fraction of sp³-hybridized carbons (Fsp3) is 0.0690. The van der Waals surface area contributed by atoms with Crippen molar-refractivity contribution in [3.8, 4) is 34.7 Å². The molecule has 3 nitrogen and oxygen atoms in total. The molecule has 1 aromatic heterocycles. The van der Waals surface area contributed by atoms with E-state index in [9.17, 15) is 4.39 Å². The highest BCUT2D eigenvalue weighted by atomic mass is 35.5. The van der Waals surface area contributed by atoms with Crippen molar-refractivity contribution < 1.29 is 9.13 Å². The number of aromatic amines is 1. The fourth-order valence-electron chi connectivity index (χ4n) is 3.60. The average Bonchev–Trinajstić information content (AvgIpc) is 3.21. The second-order valence-electron chi connectivity index (χ2n) is 8.05. The van der Waals surface area contributed by atoms with Crippen molar-refractivity contribution in [2.75, 3.05) is 0 Å². The lowest BCUT2D eigenvalue weighted by atomic mass is 10.0. The summed E-state index contributed by atoms with van der Waals surface area (Å²) in [6.45, 7) is 4.11. The lowest BCUT2D eigenvalue weighted by Gasteiger charge is -2.05. The van der Waals surface area contributed by atoms with Gasteiger partial charge in [0.05, 0.1) is 21.6 Å². The Morgan fingerprint density at radius 2 is 1.68 bits per heavy atom. The van der Waals surface area contributed by atoms with Gasteiger partial charge in [-0.05, 0) is 79.1 Å². The van der Waals surface area contributed by atoms with Crippen LogP contribution in [0.1, 0.15) is 22.3 Å². The molecule has 5 aromatic rings. The average molecular weight is 467 g/mol. The van der Waals surface area contributed by atoms with Crippen LogP contribution >= 0.6 is 11.6 Å². The van der Waals surface area contributed by atoms with Gasteiger partial charge in [0.1, 0.15) is 11.6 Å². The fourth-order valence-corrected chi connectivity index (χ4v) is 3.87. The highest BCUT2D eigenvalue weighted by Crippen LogP contribution is 2.33. The summed E-state index contributed by atoms with van der Waals surface area (Å²) in [6, 6.07) is 24.3. The largest absolute Gasteiger partial charge is 0.426 e. The first-order valence-corrected chi connectivity index (χ1v) is 11.2. The Hall–Kier alpha value is -4.07. The zero-order valence-electron chi connectivity index (χ0n) is 18.6. The van der Waals surface area contributed by atoms with Gasteiger partial charge < -0.3 is 9.72 Å². The molecule has 0 unspecified atom stereocenters. The first kappa shape index (κ1) is 21.8. The van der Waals surface area contributed by atoms with Crippen molar-refractivity contribution >= 4 is 22.6 Å². The zero-order chi connectivity index (χ0) is 23.7. The molecule has 5 heteroatoms. The third-order valence-electron chi connectivity index (χ3n) is 5.65. The minimum atomic E-state index is -0.327. The van der Waals surface area contributed by atoms with Crippen LogP contribution in [-0.2, 0) is 0 Å². The number of aryl methyl sites for hydroxylation is 2. The standard InChI is InChI=1S/C29H20ClFN2O/c1-18-7-14-23(15-19(18)2)34-29-32-27-16-24(25(30)17-28(27)33-29)21-11-8-20(9-12-21)10-13-22-5-3-4-6-26(22)31/h3-9,11-12,14-17H,1-2H3,(H,32,33). The van der Waals surface area contributed by atoms with Gasteiger partial charge in [-0.25, -0.2) is 4.39 Å². The van der Waals surface area contributed by atoms with E-state index < -0.39 is 0 Å². The topological polar surface area (TPSA) is 37.9 Å². The van der Waals surface area contributed by atoms with Crippen molar-refractivity contribution in [3.05, 3.63) is 112 Å². The molecule has 0 aliphatic carbocycles. The number of H-pyrrole nitrogens is 1. The predicted molar refractivity (Wildman–Crippen MR) is 135 cm³/mol.